The van der Waals surface area contributed by atoms with Crippen LogP contribution in [-0.4, -0.2) is 38.8 Å². The summed E-state index contributed by atoms with van der Waals surface area (Å²) in [5.41, 5.74) is 0. The van der Waals surface area contributed by atoms with Crippen LogP contribution in [0.25, 0.3) is 0 Å². The van der Waals surface area contributed by atoms with Crippen LogP contribution in [0.4, 0.5) is 0 Å². The minimum absolute atomic E-state index is 0.993. The van der Waals surface area contributed by atoms with Crippen molar-refractivity contribution < 1.29 is 9.80 Å². The maximum absolute atomic E-state index is 2.44. The first-order valence-corrected chi connectivity index (χ1v) is 6.97. The number of rotatable bonds is 2. The second kappa shape index (κ2) is 5.31. The molecule has 2 aliphatic rings. The quantitative estimate of drug-likeness (QED) is 0.603. The Kier molecular flexibility index (Phi) is 4.04. The molecule has 2 N–H and O–H groups in total. The van der Waals surface area contributed by atoms with Gasteiger partial charge in [0, 0.05) is 6.42 Å². The lowest BCUT2D eigenvalue weighted by atomic mass is 9.86. The molecule has 0 spiro atoms. The van der Waals surface area contributed by atoms with Gasteiger partial charge < -0.3 is 9.80 Å². The van der Waals surface area contributed by atoms with Gasteiger partial charge in [0.05, 0.1) is 12.6 Å². The van der Waals surface area contributed by atoms with Crippen LogP contribution in [0.15, 0.2) is 0 Å². The molecule has 2 nitrogen and oxygen atoms in total. The van der Waals surface area contributed by atoms with Crippen LogP contribution < -0.4 is 9.80 Å². The van der Waals surface area contributed by atoms with Gasteiger partial charge in [-0.2, -0.15) is 0 Å². The number of hydrogen-bond acceptors (Lipinski definition) is 0. The lowest BCUT2D eigenvalue weighted by Gasteiger charge is -2.37. The molecule has 0 unspecified atom stereocenters. The number of likely N-dealkylation sites (N-methyl/N-ethyl adjacent to an activating group) is 1. The highest BCUT2D eigenvalue weighted by molar-refractivity contribution is 4.69. The average Bonchev–Trinajstić information content (AvgIpc) is 2.29. The summed E-state index contributed by atoms with van der Waals surface area (Å²) in [5, 5.41) is 0. The largest absolute Gasteiger partial charge is 0.326 e. The third-order valence-electron chi connectivity index (χ3n) is 4.61. The molecule has 0 amide bonds. The van der Waals surface area contributed by atoms with E-state index in [2.05, 4.69) is 13.8 Å². The summed E-state index contributed by atoms with van der Waals surface area (Å²) in [6, 6.07) is 1.01. The van der Waals surface area contributed by atoms with Crippen LogP contribution in [0.2, 0.25) is 0 Å². The highest BCUT2D eigenvalue weighted by Gasteiger charge is 2.31. The molecule has 88 valence electrons. The van der Waals surface area contributed by atoms with E-state index in [-0.39, 0.29) is 0 Å². The summed E-state index contributed by atoms with van der Waals surface area (Å²) < 4.78 is 0. The van der Waals surface area contributed by atoms with Gasteiger partial charge in [-0.25, -0.2) is 0 Å². The Balaban J connectivity index is 1.79. The summed E-state index contributed by atoms with van der Waals surface area (Å²) >= 11 is 0. The van der Waals surface area contributed by atoms with Gasteiger partial charge in [0.2, 0.25) is 0 Å². The fourth-order valence-electron chi connectivity index (χ4n) is 3.49. The van der Waals surface area contributed by atoms with Crippen molar-refractivity contribution in [3.8, 4) is 0 Å². The Bertz CT molecular complexity index is 185. The fraction of sp³-hybridized carbons (Fsp3) is 1.00. The molecule has 0 bridgehead atoms. The number of quaternary nitrogens is 2. The SMILES string of the molecule is CC[NH+]1CC[NH+]([C@@H]2CCC[C@@H](C)C2)CC1. The molecule has 2 heteroatoms. The van der Waals surface area contributed by atoms with Crippen molar-refractivity contribution in [2.24, 2.45) is 5.92 Å². The first kappa shape index (κ1) is 11.4. The van der Waals surface area contributed by atoms with E-state index in [1.165, 1.54) is 58.4 Å². The van der Waals surface area contributed by atoms with E-state index in [1.807, 2.05) is 9.80 Å². The lowest BCUT2D eigenvalue weighted by Crippen LogP contribution is -3.29. The zero-order valence-electron chi connectivity index (χ0n) is 10.5. The average molecular weight is 212 g/mol. The van der Waals surface area contributed by atoms with Crippen molar-refractivity contribution >= 4 is 0 Å². The van der Waals surface area contributed by atoms with Crippen LogP contribution in [0.1, 0.15) is 39.5 Å². The third kappa shape index (κ3) is 2.94. The number of nitrogens with one attached hydrogen (secondary N) is 2. The van der Waals surface area contributed by atoms with Gasteiger partial charge in [-0.3, -0.25) is 0 Å². The fourth-order valence-corrected chi connectivity index (χ4v) is 3.49. The standard InChI is InChI=1S/C13H26N2/c1-3-14-7-9-15(10-8-14)13-6-4-5-12(2)11-13/h12-13H,3-11H2,1-2H3/p+2/t12-,13-/m1/s1. The zero-order valence-corrected chi connectivity index (χ0v) is 10.5. The van der Waals surface area contributed by atoms with Crippen molar-refractivity contribution in [2.45, 2.75) is 45.6 Å². The van der Waals surface area contributed by atoms with E-state index < -0.39 is 0 Å². The summed E-state index contributed by atoms with van der Waals surface area (Å²) in [4.78, 5) is 3.75. The molecule has 0 aromatic rings. The van der Waals surface area contributed by atoms with E-state index >= 15 is 0 Å². The van der Waals surface area contributed by atoms with E-state index in [1.54, 1.807) is 0 Å². The van der Waals surface area contributed by atoms with Crippen LogP contribution in [-0.2, 0) is 0 Å². The summed E-state index contributed by atoms with van der Waals surface area (Å²) in [6.45, 7) is 11.8. The van der Waals surface area contributed by atoms with Gasteiger partial charge in [0.15, 0.2) is 0 Å². The predicted octanol–water partition coefficient (Wildman–Crippen LogP) is -0.632. The van der Waals surface area contributed by atoms with Gasteiger partial charge in [-0.1, -0.05) is 13.3 Å². The maximum Gasteiger partial charge on any atom is 0.127 e. The minimum atomic E-state index is 0.993. The highest BCUT2D eigenvalue weighted by Crippen LogP contribution is 2.21. The molecule has 2 atom stereocenters. The van der Waals surface area contributed by atoms with Crippen molar-refractivity contribution in [1.29, 1.82) is 0 Å². The molecule has 1 aliphatic carbocycles. The van der Waals surface area contributed by atoms with E-state index in [4.69, 9.17) is 0 Å². The maximum atomic E-state index is 2.44. The topological polar surface area (TPSA) is 8.88 Å². The van der Waals surface area contributed by atoms with Crippen molar-refractivity contribution in [3.63, 3.8) is 0 Å². The Morgan fingerprint density at radius 1 is 1.07 bits per heavy atom. The normalized spacial score (nSPS) is 42.8. The van der Waals surface area contributed by atoms with Crippen LogP contribution in [0.5, 0.6) is 0 Å². The molecule has 1 saturated carbocycles. The molecule has 2 fully saturated rings. The van der Waals surface area contributed by atoms with Crippen molar-refractivity contribution in [1.82, 2.24) is 0 Å². The first-order chi connectivity index (χ1) is 7.29. The molecule has 0 aromatic carbocycles. The Morgan fingerprint density at radius 2 is 1.80 bits per heavy atom. The van der Waals surface area contributed by atoms with Crippen LogP contribution in [0, 0.1) is 5.92 Å². The van der Waals surface area contributed by atoms with Gasteiger partial charge in [-0.15, -0.1) is 0 Å². The monoisotopic (exact) mass is 212 g/mol. The lowest BCUT2D eigenvalue weighted by molar-refractivity contribution is -1.02. The van der Waals surface area contributed by atoms with Crippen molar-refractivity contribution in [2.75, 3.05) is 32.7 Å². The van der Waals surface area contributed by atoms with Gasteiger partial charge in [0.1, 0.15) is 26.2 Å². The van der Waals surface area contributed by atoms with E-state index in [9.17, 15) is 0 Å². The molecule has 1 saturated heterocycles. The van der Waals surface area contributed by atoms with Crippen LogP contribution >= 0.6 is 0 Å². The Hall–Kier alpha value is -0.0800. The van der Waals surface area contributed by atoms with Gasteiger partial charge in [0.25, 0.3) is 0 Å². The molecule has 15 heavy (non-hydrogen) atoms. The molecule has 0 aromatic heterocycles. The zero-order chi connectivity index (χ0) is 10.7. The smallest absolute Gasteiger partial charge is 0.127 e. The molecular weight excluding hydrogens is 184 g/mol. The third-order valence-corrected chi connectivity index (χ3v) is 4.61. The summed E-state index contributed by atoms with van der Waals surface area (Å²) in [7, 11) is 0. The molecular formula is C13H28N2+2. The molecule has 2 rings (SSSR count). The van der Waals surface area contributed by atoms with Gasteiger partial charge >= 0.3 is 0 Å². The van der Waals surface area contributed by atoms with Crippen LogP contribution in [0.3, 0.4) is 0 Å². The van der Waals surface area contributed by atoms with E-state index in [0.29, 0.717) is 0 Å². The Morgan fingerprint density at radius 3 is 2.40 bits per heavy atom. The molecule has 1 heterocycles. The highest BCUT2D eigenvalue weighted by atomic mass is 15.3. The van der Waals surface area contributed by atoms with Crippen molar-refractivity contribution in [3.05, 3.63) is 0 Å². The number of piperazine rings is 1. The second-order valence-electron chi connectivity index (χ2n) is 5.73. The molecule has 0 radical (unpaired) electrons. The van der Waals surface area contributed by atoms with E-state index in [0.717, 1.165) is 12.0 Å². The minimum Gasteiger partial charge on any atom is -0.326 e. The first-order valence-electron chi connectivity index (χ1n) is 6.97. The Labute approximate surface area is 94.6 Å². The summed E-state index contributed by atoms with van der Waals surface area (Å²) in [5.74, 6) is 0.993. The number of hydrogen-bond donors (Lipinski definition) is 2. The molecule has 1 aliphatic heterocycles. The second-order valence-corrected chi connectivity index (χ2v) is 5.73. The predicted molar refractivity (Wildman–Crippen MR) is 63.4 cm³/mol. The summed E-state index contributed by atoms with van der Waals surface area (Å²) in [6.07, 6.45) is 5.97. The van der Waals surface area contributed by atoms with Gasteiger partial charge in [-0.05, 0) is 25.7 Å².